The predicted molar refractivity (Wildman–Crippen MR) is 66.8 cm³/mol. The SMILES string of the molecule is CC[C@@H]1CCCCN1c1nc(C)cc(C)n1. The Hall–Kier alpha value is -1.12. The summed E-state index contributed by atoms with van der Waals surface area (Å²) in [6, 6.07) is 2.67. The number of nitrogens with zero attached hydrogens (tertiary/aromatic N) is 3. The fourth-order valence-corrected chi connectivity index (χ4v) is 2.52. The molecule has 3 heteroatoms. The number of hydrogen-bond donors (Lipinski definition) is 0. The van der Waals surface area contributed by atoms with Crippen LogP contribution in [0.3, 0.4) is 0 Å². The highest BCUT2D eigenvalue weighted by molar-refractivity contribution is 5.34. The third-order valence-electron chi connectivity index (χ3n) is 3.33. The number of rotatable bonds is 2. The Bertz CT molecular complexity index is 342. The summed E-state index contributed by atoms with van der Waals surface area (Å²) < 4.78 is 0. The number of anilines is 1. The molecule has 0 amide bonds. The van der Waals surface area contributed by atoms with E-state index in [-0.39, 0.29) is 0 Å². The fourth-order valence-electron chi connectivity index (χ4n) is 2.52. The Morgan fingerprint density at radius 2 is 1.94 bits per heavy atom. The normalized spacial score (nSPS) is 21.2. The van der Waals surface area contributed by atoms with Crippen molar-refractivity contribution in [2.75, 3.05) is 11.4 Å². The molecule has 88 valence electrons. The standard InChI is InChI=1S/C13H21N3/c1-4-12-7-5-6-8-16(12)13-14-10(2)9-11(3)15-13/h9,12H,4-8H2,1-3H3/t12-/m1/s1. The van der Waals surface area contributed by atoms with Gasteiger partial charge in [0.15, 0.2) is 0 Å². The molecule has 1 saturated heterocycles. The van der Waals surface area contributed by atoms with Crippen molar-refractivity contribution in [3.63, 3.8) is 0 Å². The number of aryl methyl sites for hydroxylation is 2. The first kappa shape index (κ1) is 11.4. The van der Waals surface area contributed by atoms with Gasteiger partial charge in [-0.15, -0.1) is 0 Å². The van der Waals surface area contributed by atoms with Crippen LogP contribution in [0.2, 0.25) is 0 Å². The van der Waals surface area contributed by atoms with Crippen molar-refractivity contribution >= 4 is 5.95 Å². The number of hydrogen-bond acceptors (Lipinski definition) is 3. The van der Waals surface area contributed by atoms with E-state index in [9.17, 15) is 0 Å². The van der Waals surface area contributed by atoms with E-state index in [4.69, 9.17) is 0 Å². The second-order valence-corrected chi connectivity index (χ2v) is 4.70. The lowest BCUT2D eigenvalue weighted by atomic mass is 10.0. The largest absolute Gasteiger partial charge is 0.338 e. The molecule has 0 aromatic carbocycles. The van der Waals surface area contributed by atoms with Crippen molar-refractivity contribution in [1.82, 2.24) is 9.97 Å². The molecule has 0 N–H and O–H groups in total. The molecule has 0 saturated carbocycles. The lowest BCUT2D eigenvalue weighted by Gasteiger charge is -2.35. The maximum Gasteiger partial charge on any atom is 0.226 e. The molecule has 1 aromatic rings. The summed E-state index contributed by atoms with van der Waals surface area (Å²) in [7, 11) is 0. The zero-order valence-corrected chi connectivity index (χ0v) is 10.5. The lowest BCUT2D eigenvalue weighted by Crippen LogP contribution is -2.40. The van der Waals surface area contributed by atoms with Gasteiger partial charge >= 0.3 is 0 Å². The Morgan fingerprint density at radius 1 is 1.25 bits per heavy atom. The van der Waals surface area contributed by atoms with E-state index in [1.165, 1.54) is 25.7 Å². The van der Waals surface area contributed by atoms with Gasteiger partial charge in [0.05, 0.1) is 0 Å². The highest BCUT2D eigenvalue weighted by Crippen LogP contribution is 2.23. The second kappa shape index (κ2) is 4.81. The van der Waals surface area contributed by atoms with Gasteiger partial charge in [0, 0.05) is 24.0 Å². The number of aromatic nitrogens is 2. The summed E-state index contributed by atoms with van der Waals surface area (Å²) in [6.45, 7) is 7.46. The van der Waals surface area contributed by atoms with Crippen LogP contribution in [-0.4, -0.2) is 22.6 Å². The molecule has 1 aliphatic heterocycles. The zero-order valence-electron chi connectivity index (χ0n) is 10.5. The van der Waals surface area contributed by atoms with Gasteiger partial charge in [-0.25, -0.2) is 9.97 Å². The van der Waals surface area contributed by atoms with Crippen LogP contribution in [0.15, 0.2) is 6.07 Å². The van der Waals surface area contributed by atoms with Crippen LogP contribution in [0.25, 0.3) is 0 Å². The molecule has 3 nitrogen and oxygen atoms in total. The molecule has 0 bridgehead atoms. The molecule has 0 radical (unpaired) electrons. The van der Waals surface area contributed by atoms with Gasteiger partial charge in [0.2, 0.25) is 5.95 Å². The minimum atomic E-state index is 0.634. The van der Waals surface area contributed by atoms with Crippen LogP contribution >= 0.6 is 0 Å². The van der Waals surface area contributed by atoms with Crippen LogP contribution in [0.5, 0.6) is 0 Å². The second-order valence-electron chi connectivity index (χ2n) is 4.70. The third kappa shape index (κ3) is 2.34. The molecular weight excluding hydrogens is 198 g/mol. The fraction of sp³-hybridized carbons (Fsp3) is 0.692. The molecule has 1 aromatic heterocycles. The zero-order chi connectivity index (χ0) is 11.5. The summed E-state index contributed by atoms with van der Waals surface area (Å²) in [5, 5.41) is 0. The average molecular weight is 219 g/mol. The van der Waals surface area contributed by atoms with Crippen molar-refractivity contribution in [2.24, 2.45) is 0 Å². The third-order valence-corrected chi connectivity index (χ3v) is 3.33. The van der Waals surface area contributed by atoms with Crippen LogP contribution < -0.4 is 4.90 Å². The van der Waals surface area contributed by atoms with Gasteiger partial charge in [-0.05, 0) is 45.6 Å². The first-order valence-electron chi connectivity index (χ1n) is 6.29. The summed E-state index contributed by atoms with van der Waals surface area (Å²) >= 11 is 0. The monoisotopic (exact) mass is 219 g/mol. The molecule has 2 heterocycles. The molecule has 0 unspecified atom stereocenters. The Labute approximate surface area is 97.9 Å². The van der Waals surface area contributed by atoms with E-state index in [2.05, 4.69) is 21.8 Å². The molecule has 16 heavy (non-hydrogen) atoms. The van der Waals surface area contributed by atoms with Crippen molar-refractivity contribution in [3.8, 4) is 0 Å². The van der Waals surface area contributed by atoms with Crippen LogP contribution in [0.4, 0.5) is 5.95 Å². The Balaban J connectivity index is 2.26. The van der Waals surface area contributed by atoms with Crippen LogP contribution in [0.1, 0.15) is 44.0 Å². The lowest BCUT2D eigenvalue weighted by molar-refractivity contribution is 0.442. The molecular formula is C13H21N3. The Morgan fingerprint density at radius 3 is 2.56 bits per heavy atom. The predicted octanol–water partition coefficient (Wildman–Crippen LogP) is 2.86. The molecule has 1 aliphatic rings. The van der Waals surface area contributed by atoms with Gasteiger partial charge in [-0.1, -0.05) is 6.92 Å². The van der Waals surface area contributed by atoms with Crippen LogP contribution in [0, 0.1) is 13.8 Å². The minimum absolute atomic E-state index is 0.634. The highest BCUT2D eigenvalue weighted by Gasteiger charge is 2.23. The topological polar surface area (TPSA) is 29.0 Å². The van der Waals surface area contributed by atoms with Gasteiger partial charge < -0.3 is 4.90 Å². The summed E-state index contributed by atoms with van der Waals surface area (Å²) in [5.74, 6) is 0.934. The summed E-state index contributed by atoms with van der Waals surface area (Å²) in [6.07, 6.45) is 5.09. The van der Waals surface area contributed by atoms with Gasteiger partial charge in [0.25, 0.3) is 0 Å². The van der Waals surface area contributed by atoms with E-state index >= 15 is 0 Å². The van der Waals surface area contributed by atoms with Crippen molar-refractivity contribution in [3.05, 3.63) is 17.5 Å². The maximum absolute atomic E-state index is 4.57. The van der Waals surface area contributed by atoms with E-state index in [1.54, 1.807) is 0 Å². The van der Waals surface area contributed by atoms with Gasteiger partial charge in [-0.2, -0.15) is 0 Å². The highest BCUT2D eigenvalue weighted by atomic mass is 15.3. The Kier molecular flexibility index (Phi) is 3.42. The van der Waals surface area contributed by atoms with Crippen LogP contribution in [-0.2, 0) is 0 Å². The molecule has 0 spiro atoms. The number of piperidine rings is 1. The maximum atomic E-state index is 4.57. The average Bonchev–Trinajstić information content (AvgIpc) is 2.27. The first-order chi connectivity index (χ1) is 7.70. The van der Waals surface area contributed by atoms with Crippen molar-refractivity contribution < 1.29 is 0 Å². The van der Waals surface area contributed by atoms with E-state index in [0.29, 0.717) is 6.04 Å². The van der Waals surface area contributed by atoms with E-state index in [0.717, 1.165) is 23.9 Å². The first-order valence-corrected chi connectivity index (χ1v) is 6.29. The van der Waals surface area contributed by atoms with Crippen molar-refractivity contribution in [2.45, 2.75) is 52.5 Å². The minimum Gasteiger partial charge on any atom is -0.338 e. The van der Waals surface area contributed by atoms with Crippen molar-refractivity contribution in [1.29, 1.82) is 0 Å². The molecule has 0 aliphatic carbocycles. The molecule has 2 rings (SSSR count). The van der Waals surface area contributed by atoms with Gasteiger partial charge in [0.1, 0.15) is 0 Å². The van der Waals surface area contributed by atoms with Gasteiger partial charge in [-0.3, -0.25) is 0 Å². The van der Waals surface area contributed by atoms with E-state index < -0.39 is 0 Å². The van der Waals surface area contributed by atoms with E-state index in [1.807, 2.05) is 19.9 Å². The molecule has 1 fully saturated rings. The molecule has 1 atom stereocenters. The quantitative estimate of drug-likeness (QED) is 0.766. The summed E-state index contributed by atoms with van der Waals surface area (Å²) in [4.78, 5) is 11.5. The smallest absolute Gasteiger partial charge is 0.226 e. The summed E-state index contributed by atoms with van der Waals surface area (Å²) in [5.41, 5.74) is 2.14.